The molecule has 116 valence electrons. The summed E-state index contributed by atoms with van der Waals surface area (Å²) in [5.74, 6) is 0.498. The monoisotopic (exact) mass is 329 g/mol. The summed E-state index contributed by atoms with van der Waals surface area (Å²) in [7, 11) is -3.74. The van der Waals surface area contributed by atoms with E-state index in [1.165, 1.54) is 23.9 Å². The maximum atomic E-state index is 11.4. The Kier molecular flexibility index (Phi) is 4.34. The fraction of sp³-hybridized carbons (Fsp3) is 0.462. The summed E-state index contributed by atoms with van der Waals surface area (Å²) in [6.45, 7) is 6.17. The third-order valence-electron chi connectivity index (χ3n) is 2.88. The second-order valence-corrected chi connectivity index (χ2v) is 7.94. The molecule has 3 N–H and O–H groups in total. The minimum absolute atomic E-state index is 0.0507. The van der Waals surface area contributed by atoms with Crippen LogP contribution in [0.25, 0.3) is 11.0 Å². The second-order valence-electron chi connectivity index (χ2n) is 5.44. The molecule has 0 spiro atoms. The van der Waals surface area contributed by atoms with Crippen molar-refractivity contribution >= 4 is 32.8 Å². The van der Waals surface area contributed by atoms with Crippen LogP contribution >= 0.6 is 11.8 Å². The number of aryl methyl sites for hydroxylation is 1. The molecular formula is C13H19N3O3S2. The molecule has 0 bridgehead atoms. The third-order valence-corrected chi connectivity index (χ3v) is 5.22. The van der Waals surface area contributed by atoms with E-state index in [1.807, 2.05) is 11.5 Å². The van der Waals surface area contributed by atoms with Gasteiger partial charge < -0.3 is 9.67 Å². The van der Waals surface area contributed by atoms with Crippen LogP contribution in [0, 0.1) is 0 Å². The molecule has 0 fully saturated rings. The summed E-state index contributed by atoms with van der Waals surface area (Å²) in [5, 5.41) is 15.7. The molecule has 0 saturated carbocycles. The number of nitrogens with two attached hydrogens (primary N) is 1. The number of hydrogen-bond donors (Lipinski definition) is 2. The number of rotatable bonds is 5. The number of primary sulfonamides is 1. The topological polar surface area (TPSA) is 98.2 Å². The molecule has 0 aliphatic heterocycles. The van der Waals surface area contributed by atoms with Crippen LogP contribution in [-0.2, 0) is 16.6 Å². The van der Waals surface area contributed by atoms with Crippen molar-refractivity contribution in [2.45, 2.75) is 43.0 Å². The van der Waals surface area contributed by atoms with Gasteiger partial charge in [-0.15, -0.1) is 0 Å². The summed E-state index contributed by atoms with van der Waals surface area (Å²) < 4.78 is 24.8. The van der Waals surface area contributed by atoms with Crippen molar-refractivity contribution < 1.29 is 13.5 Å². The quantitative estimate of drug-likeness (QED) is 0.811. The van der Waals surface area contributed by atoms with Gasteiger partial charge in [-0.05, 0) is 39.0 Å². The number of sulfonamides is 1. The first-order valence-corrected chi connectivity index (χ1v) is 9.03. The van der Waals surface area contributed by atoms with Crippen LogP contribution in [0.1, 0.15) is 20.8 Å². The molecule has 0 amide bonds. The summed E-state index contributed by atoms with van der Waals surface area (Å²) in [6.07, 6.45) is 0. The SMILES string of the molecule is CCn1c(SCC(C)(C)O)nc2cc(S(N)(=O)=O)ccc21. The second kappa shape index (κ2) is 5.60. The van der Waals surface area contributed by atoms with Crippen molar-refractivity contribution in [1.82, 2.24) is 9.55 Å². The average molecular weight is 329 g/mol. The van der Waals surface area contributed by atoms with E-state index in [4.69, 9.17) is 5.14 Å². The molecule has 2 rings (SSSR count). The van der Waals surface area contributed by atoms with E-state index < -0.39 is 15.6 Å². The van der Waals surface area contributed by atoms with Crippen LogP contribution in [-0.4, -0.2) is 34.4 Å². The maximum absolute atomic E-state index is 11.4. The van der Waals surface area contributed by atoms with Crippen LogP contribution in [0.2, 0.25) is 0 Å². The molecule has 1 heterocycles. The van der Waals surface area contributed by atoms with E-state index in [0.717, 1.165) is 10.7 Å². The van der Waals surface area contributed by atoms with Gasteiger partial charge in [0, 0.05) is 12.3 Å². The first-order valence-electron chi connectivity index (χ1n) is 6.50. The van der Waals surface area contributed by atoms with E-state index in [1.54, 1.807) is 19.9 Å². The first-order chi connectivity index (χ1) is 9.62. The van der Waals surface area contributed by atoms with Crippen molar-refractivity contribution in [1.29, 1.82) is 0 Å². The number of nitrogens with zero attached hydrogens (tertiary/aromatic N) is 2. The average Bonchev–Trinajstić information content (AvgIpc) is 2.70. The number of imidazole rings is 1. The molecule has 0 radical (unpaired) electrons. The van der Waals surface area contributed by atoms with Crippen molar-refractivity contribution in [2.75, 3.05) is 5.75 Å². The van der Waals surface area contributed by atoms with Gasteiger partial charge in [-0.2, -0.15) is 0 Å². The number of aromatic nitrogens is 2. The zero-order valence-corrected chi connectivity index (χ0v) is 13.8. The van der Waals surface area contributed by atoms with E-state index >= 15 is 0 Å². The highest BCUT2D eigenvalue weighted by Gasteiger charge is 2.18. The van der Waals surface area contributed by atoms with Gasteiger partial charge in [-0.1, -0.05) is 11.8 Å². The number of fused-ring (bicyclic) bond motifs is 1. The van der Waals surface area contributed by atoms with E-state index in [2.05, 4.69) is 4.98 Å². The lowest BCUT2D eigenvalue weighted by molar-refractivity contribution is 0.107. The van der Waals surface area contributed by atoms with Crippen molar-refractivity contribution in [2.24, 2.45) is 5.14 Å². The fourth-order valence-corrected chi connectivity index (χ4v) is 3.48. The van der Waals surface area contributed by atoms with Crippen molar-refractivity contribution in [3.05, 3.63) is 18.2 Å². The first kappa shape index (κ1) is 16.3. The lowest BCUT2D eigenvalue weighted by Gasteiger charge is -2.16. The Labute approximate surface area is 128 Å². The molecule has 0 aliphatic carbocycles. The highest BCUT2D eigenvalue weighted by atomic mass is 32.2. The highest BCUT2D eigenvalue weighted by molar-refractivity contribution is 7.99. The van der Waals surface area contributed by atoms with E-state index in [9.17, 15) is 13.5 Å². The molecule has 0 saturated heterocycles. The Morgan fingerprint density at radius 3 is 2.62 bits per heavy atom. The maximum Gasteiger partial charge on any atom is 0.238 e. The lowest BCUT2D eigenvalue weighted by Crippen LogP contribution is -2.22. The van der Waals surface area contributed by atoms with Crippen LogP contribution in [0.5, 0.6) is 0 Å². The predicted octanol–water partition coefficient (Wildman–Crippen LogP) is 1.57. The molecule has 8 heteroatoms. The molecule has 1 aromatic carbocycles. The number of benzene rings is 1. The third kappa shape index (κ3) is 3.76. The standard InChI is InChI=1S/C13H19N3O3S2/c1-4-16-11-6-5-9(21(14,18)19)7-10(11)15-12(16)20-8-13(2,3)17/h5-7,17H,4,8H2,1-3H3,(H2,14,18,19). The molecule has 0 aliphatic rings. The van der Waals surface area contributed by atoms with Gasteiger partial charge in [0.25, 0.3) is 0 Å². The van der Waals surface area contributed by atoms with Gasteiger partial charge in [-0.3, -0.25) is 0 Å². The Bertz CT molecular complexity index is 761. The van der Waals surface area contributed by atoms with Gasteiger partial charge >= 0.3 is 0 Å². The van der Waals surface area contributed by atoms with Crippen LogP contribution in [0.4, 0.5) is 0 Å². The highest BCUT2D eigenvalue weighted by Crippen LogP contribution is 2.27. The fourth-order valence-electron chi connectivity index (χ4n) is 1.92. The zero-order chi connectivity index (χ0) is 15.8. The largest absolute Gasteiger partial charge is 0.390 e. The van der Waals surface area contributed by atoms with Crippen molar-refractivity contribution in [3.63, 3.8) is 0 Å². The Morgan fingerprint density at radius 1 is 1.43 bits per heavy atom. The molecule has 0 atom stereocenters. The summed E-state index contributed by atoms with van der Waals surface area (Å²) in [6, 6.07) is 4.67. The van der Waals surface area contributed by atoms with E-state index in [-0.39, 0.29) is 4.90 Å². The van der Waals surface area contributed by atoms with E-state index in [0.29, 0.717) is 17.8 Å². The number of thioether (sulfide) groups is 1. The zero-order valence-electron chi connectivity index (χ0n) is 12.2. The predicted molar refractivity (Wildman–Crippen MR) is 83.8 cm³/mol. The molecule has 6 nitrogen and oxygen atoms in total. The van der Waals surface area contributed by atoms with Gasteiger partial charge in [0.2, 0.25) is 10.0 Å². The molecule has 21 heavy (non-hydrogen) atoms. The van der Waals surface area contributed by atoms with Crippen LogP contribution in [0.3, 0.4) is 0 Å². The molecular weight excluding hydrogens is 310 g/mol. The summed E-state index contributed by atoms with van der Waals surface area (Å²) in [5.41, 5.74) is 0.636. The molecule has 2 aromatic rings. The smallest absolute Gasteiger partial charge is 0.238 e. The van der Waals surface area contributed by atoms with Gasteiger partial charge in [0.15, 0.2) is 5.16 Å². The van der Waals surface area contributed by atoms with Crippen molar-refractivity contribution in [3.8, 4) is 0 Å². The molecule has 0 unspecified atom stereocenters. The van der Waals surface area contributed by atoms with Gasteiger partial charge in [-0.25, -0.2) is 18.5 Å². The van der Waals surface area contributed by atoms with Gasteiger partial charge in [0.1, 0.15) is 0 Å². The lowest BCUT2D eigenvalue weighted by atomic mass is 10.2. The Balaban J connectivity index is 2.48. The minimum Gasteiger partial charge on any atom is -0.390 e. The normalized spacial score (nSPS) is 13.0. The van der Waals surface area contributed by atoms with Crippen LogP contribution in [0.15, 0.2) is 28.3 Å². The number of aliphatic hydroxyl groups is 1. The Hall–Kier alpha value is -1.09. The number of hydrogen-bond acceptors (Lipinski definition) is 5. The van der Waals surface area contributed by atoms with Gasteiger partial charge in [0.05, 0.1) is 21.5 Å². The minimum atomic E-state index is -3.74. The van der Waals surface area contributed by atoms with Crippen LogP contribution < -0.4 is 5.14 Å². The Morgan fingerprint density at radius 2 is 2.10 bits per heavy atom. The summed E-state index contributed by atoms with van der Waals surface area (Å²) in [4.78, 5) is 4.51. The summed E-state index contributed by atoms with van der Waals surface area (Å²) >= 11 is 1.44. The molecule has 1 aromatic heterocycles.